The highest BCUT2D eigenvalue weighted by molar-refractivity contribution is 6.30. The van der Waals surface area contributed by atoms with E-state index in [9.17, 15) is 22.8 Å². The molecule has 34 heavy (non-hydrogen) atoms. The summed E-state index contributed by atoms with van der Waals surface area (Å²) in [5, 5.41) is 9.75. The number of nitrogens with one attached hydrogen (secondary N) is 3. The molecule has 0 bridgehead atoms. The van der Waals surface area contributed by atoms with Gasteiger partial charge in [0.05, 0.1) is 12.3 Å². The van der Waals surface area contributed by atoms with Gasteiger partial charge in [0.2, 0.25) is 0 Å². The fraction of sp³-hybridized carbons (Fsp3) is 0.0870. The van der Waals surface area contributed by atoms with E-state index in [1.807, 2.05) is 0 Å². The van der Waals surface area contributed by atoms with Crippen molar-refractivity contribution >= 4 is 34.9 Å². The van der Waals surface area contributed by atoms with Crippen LogP contribution in [0.15, 0.2) is 84.0 Å². The highest BCUT2D eigenvalue weighted by atomic mass is 35.5. The second kappa shape index (κ2) is 11.2. The topological polar surface area (TPSA) is 91.8 Å². The number of carbonyl (C=O) groups is 2. The van der Waals surface area contributed by atoms with E-state index in [-0.39, 0.29) is 18.1 Å². The van der Waals surface area contributed by atoms with Gasteiger partial charge in [0.1, 0.15) is 5.75 Å². The molecule has 0 unspecified atom stereocenters. The second-order valence-corrected chi connectivity index (χ2v) is 7.19. The number of benzene rings is 3. The number of rotatable bonds is 7. The number of ether oxygens (including phenoxy) is 1. The first-order valence-electron chi connectivity index (χ1n) is 9.78. The molecule has 0 saturated heterocycles. The van der Waals surface area contributed by atoms with Gasteiger partial charge in [-0.25, -0.2) is 10.2 Å². The van der Waals surface area contributed by atoms with Gasteiger partial charge < -0.3 is 15.4 Å². The first kappa shape index (κ1) is 24.6. The van der Waals surface area contributed by atoms with Gasteiger partial charge in [-0.15, -0.1) is 13.2 Å². The zero-order valence-electron chi connectivity index (χ0n) is 17.4. The van der Waals surface area contributed by atoms with Crippen LogP contribution in [0.3, 0.4) is 0 Å². The van der Waals surface area contributed by atoms with Crippen molar-refractivity contribution in [3.8, 4) is 5.75 Å². The van der Waals surface area contributed by atoms with Crippen LogP contribution in [0.25, 0.3) is 0 Å². The number of hydrogen-bond acceptors (Lipinski definition) is 4. The summed E-state index contributed by atoms with van der Waals surface area (Å²) in [7, 11) is 0. The van der Waals surface area contributed by atoms with E-state index in [1.54, 1.807) is 54.6 Å². The Morgan fingerprint density at radius 3 is 2.15 bits per heavy atom. The van der Waals surface area contributed by atoms with Crippen molar-refractivity contribution in [3.63, 3.8) is 0 Å². The minimum Gasteiger partial charge on any atom is -0.406 e. The third-order valence-electron chi connectivity index (χ3n) is 4.27. The zero-order valence-corrected chi connectivity index (χ0v) is 18.2. The molecule has 0 fully saturated rings. The van der Waals surface area contributed by atoms with E-state index in [0.717, 1.165) is 12.1 Å². The maximum absolute atomic E-state index is 12.4. The average molecular weight is 491 g/mol. The van der Waals surface area contributed by atoms with Crippen LogP contribution < -0.4 is 20.8 Å². The first-order chi connectivity index (χ1) is 16.2. The Bertz CT molecular complexity index is 1150. The summed E-state index contributed by atoms with van der Waals surface area (Å²) in [5.41, 5.74) is 3.96. The fourth-order valence-electron chi connectivity index (χ4n) is 2.72. The summed E-state index contributed by atoms with van der Waals surface area (Å²) in [6.07, 6.45) is -4.81. The molecule has 0 radical (unpaired) electrons. The lowest BCUT2D eigenvalue weighted by atomic mass is 10.1. The van der Waals surface area contributed by atoms with Crippen molar-refractivity contribution in [1.82, 2.24) is 10.7 Å². The molecule has 3 aromatic rings. The van der Waals surface area contributed by atoms with Crippen LogP contribution in [0, 0.1) is 0 Å². The van der Waals surface area contributed by atoms with Crippen molar-refractivity contribution in [1.29, 1.82) is 0 Å². The van der Waals surface area contributed by atoms with Crippen molar-refractivity contribution < 1.29 is 27.5 Å². The van der Waals surface area contributed by atoms with Crippen LogP contribution in [0.2, 0.25) is 5.02 Å². The quantitative estimate of drug-likeness (QED) is 0.314. The van der Waals surface area contributed by atoms with Crippen LogP contribution in [-0.2, 0) is 0 Å². The van der Waals surface area contributed by atoms with Crippen LogP contribution in [0.1, 0.15) is 15.9 Å². The molecule has 3 aromatic carbocycles. The summed E-state index contributed by atoms with van der Waals surface area (Å²) in [6.45, 7) is 0.00916. The third kappa shape index (κ3) is 7.82. The number of carbonyl (C=O) groups excluding carboxylic acids is 2. The number of hydrazone groups is 1. The molecule has 3 N–H and O–H groups in total. The molecule has 0 aromatic heterocycles. The fourth-order valence-corrected chi connectivity index (χ4v) is 2.85. The number of nitrogens with zero attached hydrogens (tertiary/aromatic N) is 1. The smallest absolute Gasteiger partial charge is 0.406 e. The van der Waals surface area contributed by atoms with Gasteiger partial charge in [-0.05, 0) is 54.1 Å². The van der Waals surface area contributed by atoms with Gasteiger partial charge in [-0.1, -0.05) is 41.9 Å². The Balaban J connectivity index is 1.64. The molecule has 0 aliphatic rings. The Morgan fingerprint density at radius 2 is 1.53 bits per heavy atom. The Labute approximate surface area is 197 Å². The number of anilines is 1. The molecule has 7 nitrogen and oxygen atoms in total. The zero-order chi connectivity index (χ0) is 24.6. The van der Waals surface area contributed by atoms with E-state index < -0.39 is 18.1 Å². The van der Waals surface area contributed by atoms with Crippen molar-refractivity contribution in [2.75, 3.05) is 11.9 Å². The molecule has 0 spiro atoms. The Morgan fingerprint density at radius 1 is 0.882 bits per heavy atom. The highest BCUT2D eigenvalue weighted by Crippen LogP contribution is 2.23. The molecule has 0 atom stereocenters. The third-order valence-corrected chi connectivity index (χ3v) is 4.52. The predicted octanol–water partition coefficient (Wildman–Crippen LogP) is 5.19. The van der Waals surface area contributed by atoms with Gasteiger partial charge >= 0.3 is 12.4 Å². The van der Waals surface area contributed by atoms with Crippen LogP contribution >= 0.6 is 11.6 Å². The second-order valence-electron chi connectivity index (χ2n) is 6.75. The molecule has 0 aliphatic carbocycles. The maximum Gasteiger partial charge on any atom is 0.573 e. The number of halogens is 4. The van der Waals surface area contributed by atoms with E-state index in [0.29, 0.717) is 21.9 Å². The van der Waals surface area contributed by atoms with E-state index in [2.05, 4.69) is 25.9 Å². The van der Waals surface area contributed by atoms with Gasteiger partial charge in [0.25, 0.3) is 5.91 Å². The lowest BCUT2D eigenvalue weighted by molar-refractivity contribution is -0.274. The van der Waals surface area contributed by atoms with Crippen molar-refractivity contribution in [2.45, 2.75) is 6.36 Å². The highest BCUT2D eigenvalue weighted by Gasteiger charge is 2.30. The predicted molar refractivity (Wildman–Crippen MR) is 122 cm³/mol. The van der Waals surface area contributed by atoms with E-state index in [1.165, 1.54) is 12.1 Å². The first-order valence-corrected chi connectivity index (χ1v) is 10.2. The molecule has 11 heteroatoms. The van der Waals surface area contributed by atoms with Crippen LogP contribution in [0.4, 0.5) is 23.7 Å². The summed E-state index contributed by atoms with van der Waals surface area (Å²) in [6, 6.07) is 19.1. The molecular formula is C23H18ClF3N4O3. The van der Waals surface area contributed by atoms with Gasteiger partial charge in [-0.2, -0.15) is 5.10 Å². The van der Waals surface area contributed by atoms with Crippen molar-refractivity contribution in [2.24, 2.45) is 5.10 Å². The molecule has 0 heterocycles. The molecule has 0 saturated carbocycles. The number of urea groups is 1. The van der Waals surface area contributed by atoms with Gasteiger partial charge in [0, 0.05) is 16.3 Å². The minimum atomic E-state index is -4.81. The molecule has 176 valence electrons. The summed E-state index contributed by atoms with van der Waals surface area (Å²) < 4.78 is 40.5. The number of alkyl halides is 3. The van der Waals surface area contributed by atoms with Crippen LogP contribution in [-0.4, -0.2) is 30.6 Å². The lowest BCUT2D eigenvalue weighted by Crippen LogP contribution is -2.32. The SMILES string of the molecule is O=C(N/N=C(/CNC(=O)c1ccc(Cl)cc1)c1ccccc1)Nc1ccc(OC(F)(F)F)cc1. The number of hydrogen-bond donors (Lipinski definition) is 3. The summed E-state index contributed by atoms with van der Waals surface area (Å²) in [5.74, 6) is -0.773. The normalized spacial score (nSPS) is 11.5. The minimum absolute atomic E-state index is 0.00916. The summed E-state index contributed by atoms with van der Waals surface area (Å²) >= 11 is 5.84. The Hall–Kier alpha value is -4.05. The van der Waals surface area contributed by atoms with E-state index in [4.69, 9.17) is 11.6 Å². The van der Waals surface area contributed by atoms with Gasteiger partial charge in [-0.3, -0.25) is 4.79 Å². The molecule has 3 amide bonds. The Kier molecular flexibility index (Phi) is 8.10. The average Bonchev–Trinajstić information content (AvgIpc) is 2.80. The molecule has 0 aliphatic heterocycles. The van der Waals surface area contributed by atoms with Crippen LogP contribution in [0.5, 0.6) is 5.75 Å². The summed E-state index contributed by atoms with van der Waals surface area (Å²) in [4.78, 5) is 24.6. The monoisotopic (exact) mass is 490 g/mol. The van der Waals surface area contributed by atoms with E-state index >= 15 is 0 Å². The molecular weight excluding hydrogens is 473 g/mol. The molecule has 3 rings (SSSR count). The van der Waals surface area contributed by atoms with Crippen molar-refractivity contribution in [3.05, 3.63) is 95.0 Å². The maximum atomic E-state index is 12.4. The largest absolute Gasteiger partial charge is 0.573 e. The van der Waals surface area contributed by atoms with Gasteiger partial charge in [0.15, 0.2) is 0 Å². The standard InChI is InChI=1S/C23H18ClF3N4O3/c24-17-8-6-16(7-9-17)21(32)28-14-20(15-4-2-1-3-5-15)30-31-22(33)29-18-10-12-19(13-11-18)34-23(25,26)27/h1-13H,14H2,(H,28,32)(H2,29,31,33)/b30-20-. The lowest BCUT2D eigenvalue weighted by Gasteiger charge is -2.11. The number of amides is 3.